The van der Waals surface area contributed by atoms with Crippen LogP contribution in [0.4, 0.5) is 0 Å². The van der Waals surface area contributed by atoms with Gasteiger partial charge in [-0.2, -0.15) is 0 Å². The van der Waals surface area contributed by atoms with Crippen LogP contribution in [-0.4, -0.2) is 28.0 Å². The minimum Gasteiger partial charge on any atom is -0.480 e. The van der Waals surface area contributed by atoms with Crippen molar-refractivity contribution in [3.63, 3.8) is 0 Å². The van der Waals surface area contributed by atoms with Crippen molar-refractivity contribution in [3.05, 3.63) is 99.0 Å². The molecule has 5 nitrogen and oxygen atoms in total. The number of benzene rings is 3. The second kappa shape index (κ2) is 10.5. The first-order valence-corrected chi connectivity index (χ1v) is 12.3. The molecule has 0 fully saturated rings. The summed E-state index contributed by atoms with van der Waals surface area (Å²) in [6, 6.07) is 20.3. The molecular weight excluding hydrogens is 519 g/mol. The molecular formula is C28H23Cl3N2O3. The zero-order valence-electron chi connectivity index (χ0n) is 19.6. The number of carbonyl (C=O) groups excluding carboxylic acids is 1. The van der Waals surface area contributed by atoms with Crippen molar-refractivity contribution in [3.8, 4) is 11.3 Å². The highest BCUT2D eigenvalue weighted by Gasteiger charge is 2.33. The molecule has 3 aromatic carbocycles. The van der Waals surface area contributed by atoms with Gasteiger partial charge in [-0.05, 0) is 67.4 Å². The van der Waals surface area contributed by atoms with E-state index in [1.165, 1.54) is 0 Å². The van der Waals surface area contributed by atoms with Gasteiger partial charge in [-0.15, -0.1) is 0 Å². The normalized spacial score (nSPS) is 12.4. The standard InChI is InChI=1S/C28H23Cl3N2O3/c1-28(2,18-8-10-19(29)11-9-18)27(36)33-24(26(34)35)15-16-6-12-22-17(14-16)7-13-23(32-22)25-20(30)4-3-5-21(25)31/h3-14,24H,15H2,1-2H3,(H,33,36)(H,34,35)/t24-/m0/s1. The third-order valence-corrected chi connectivity index (χ3v) is 7.03. The topological polar surface area (TPSA) is 79.3 Å². The SMILES string of the molecule is CC(C)(C(=O)N[C@@H](Cc1ccc2nc(-c3c(Cl)cccc3Cl)ccc2c1)C(=O)O)c1ccc(Cl)cc1. The van der Waals surface area contributed by atoms with Gasteiger partial charge in [0.2, 0.25) is 5.91 Å². The van der Waals surface area contributed by atoms with Crippen molar-refractivity contribution in [2.75, 3.05) is 0 Å². The smallest absolute Gasteiger partial charge is 0.326 e. The van der Waals surface area contributed by atoms with Crippen LogP contribution in [0.15, 0.2) is 72.8 Å². The highest BCUT2D eigenvalue weighted by Crippen LogP contribution is 2.34. The van der Waals surface area contributed by atoms with Crippen LogP contribution in [-0.2, 0) is 21.4 Å². The van der Waals surface area contributed by atoms with Gasteiger partial charge in [0.15, 0.2) is 0 Å². The summed E-state index contributed by atoms with van der Waals surface area (Å²) < 4.78 is 0. The monoisotopic (exact) mass is 540 g/mol. The van der Waals surface area contributed by atoms with E-state index in [0.29, 0.717) is 31.8 Å². The van der Waals surface area contributed by atoms with Gasteiger partial charge < -0.3 is 10.4 Å². The Balaban J connectivity index is 1.55. The van der Waals surface area contributed by atoms with Gasteiger partial charge in [-0.25, -0.2) is 9.78 Å². The summed E-state index contributed by atoms with van der Waals surface area (Å²) in [5.41, 5.74) is 2.56. The molecule has 0 aliphatic heterocycles. The van der Waals surface area contributed by atoms with Crippen LogP contribution in [0.25, 0.3) is 22.2 Å². The predicted octanol–water partition coefficient (Wildman–Crippen LogP) is 6.95. The number of carbonyl (C=O) groups is 2. The molecule has 0 saturated carbocycles. The van der Waals surface area contributed by atoms with Gasteiger partial charge in [0, 0.05) is 22.4 Å². The molecule has 0 unspecified atom stereocenters. The second-order valence-electron chi connectivity index (χ2n) is 9.02. The second-order valence-corrected chi connectivity index (χ2v) is 10.3. The molecule has 1 atom stereocenters. The average molecular weight is 542 g/mol. The lowest BCUT2D eigenvalue weighted by molar-refractivity contribution is -0.142. The van der Waals surface area contributed by atoms with Gasteiger partial charge in [0.1, 0.15) is 6.04 Å². The first-order chi connectivity index (χ1) is 17.1. The lowest BCUT2D eigenvalue weighted by Gasteiger charge is -2.26. The zero-order valence-corrected chi connectivity index (χ0v) is 21.8. The lowest BCUT2D eigenvalue weighted by atomic mass is 9.83. The molecule has 8 heteroatoms. The minimum atomic E-state index is -1.11. The van der Waals surface area contributed by atoms with Gasteiger partial charge in [-0.1, -0.05) is 65.1 Å². The Kier molecular flexibility index (Phi) is 7.55. The number of carboxylic acids is 1. The number of hydrogen-bond acceptors (Lipinski definition) is 3. The van der Waals surface area contributed by atoms with Crippen molar-refractivity contribution in [2.45, 2.75) is 31.7 Å². The predicted molar refractivity (Wildman–Crippen MR) is 145 cm³/mol. The van der Waals surface area contributed by atoms with E-state index in [1.54, 1.807) is 62.4 Å². The number of nitrogens with zero attached hydrogens (tertiary/aromatic N) is 1. The largest absolute Gasteiger partial charge is 0.480 e. The molecule has 1 amide bonds. The Morgan fingerprint density at radius 1 is 0.944 bits per heavy atom. The number of nitrogens with one attached hydrogen (secondary N) is 1. The van der Waals surface area contributed by atoms with Crippen LogP contribution >= 0.6 is 34.8 Å². The zero-order chi connectivity index (χ0) is 26.0. The Morgan fingerprint density at radius 3 is 2.25 bits per heavy atom. The number of fused-ring (bicyclic) bond motifs is 1. The number of amides is 1. The van der Waals surface area contributed by atoms with E-state index in [0.717, 1.165) is 16.5 Å². The molecule has 36 heavy (non-hydrogen) atoms. The van der Waals surface area contributed by atoms with Crippen molar-refractivity contribution < 1.29 is 14.7 Å². The molecule has 4 rings (SSSR count). The van der Waals surface area contributed by atoms with E-state index >= 15 is 0 Å². The number of halogens is 3. The van der Waals surface area contributed by atoms with Crippen molar-refractivity contribution >= 4 is 57.6 Å². The fourth-order valence-electron chi connectivity index (χ4n) is 3.96. The van der Waals surface area contributed by atoms with Gasteiger partial charge in [0.25, 0.3) is 0 Å². The van der Waals surface area contributed by atoms with Crippen LogP contribution in [0, 0.1) is 0 Å². The summed E-state index contributed by atoms with van der Waals surface area (Å²) >= 11 is 18.6. The van der Waals surface area contributed by atoms with Crippen LogP contribution < -0.4 is 5.32 Å². The fraction of sp³-hybridized carbons (Fsp3) is 0.179. The maximum Gasteiger partial charge on any atom is 0.326 e. The Labute approximate surface area is 224 Å². The van der Waals surface area contributed by atoms with Crippen molar-refractivity contribution in [1.29, 1.82) is 0 Å². The number of pyridine rings is 1. The molecule has 0 bridgehead atoms. The highest BCUT2D eigenvalue weighted by atomic mass is 35.5. The molecule has 4 aromatic rings. The van der Waals surface area contributed by atoms with Gasteiger partial charge >= 0.3 is 5.97 Å². The van der Waals surface area contributed by atoms with Gasteiger partial charge in [-0.3, -0.25) is 4.79 Å². The number of carboxylic acid groups (broad SMARTS) is 1. The minimum absolute atomic E-state index is 0.117. The summed E-state index contributed by atoms with van der Waals surface area (Å²) in [6.07, 6.45) is 0.117. The average Bonchev–Trinajstić information content (AvgIpc) is 2.83. The lowest BCUT2D eigenvalue weighted by Crippen LogP contribution is -2.49. The molecule has 0 saturated heterocycles. The molecule has 0 aliphatic rings. The molecule has 0 spiro atoms. The van der Waals surface area contributed by atoms with E-state index < -0.39 is 17.4 Å². The van der Waals surface area contributed by atoms with Crippen LogP contribution in [0.1, 0.15) is 25.0 Å². The van der Waals surface area contributed by atoms with E-state index in [2.05, 4.69) is 10.3 Å². The third-order valence-electron chi connectivity index (χ3n) is 6.15. The maximum absolute atomic E-state index is 13.1. The quantitative estimate of drug-likeness (QED) is 0.265. The molecule has 0 aliphatic carbocycles. The Bertz CT molecular complexity index is 1430. The van der Waals surface area contributed by atoms with Crippen molar-refractivity contribution in [1.82, 2.24) is 10.3 Å². The molecule has 0 radical (unpaired) electrons. The van der Waals surface area contributed by atoms with E-state index in [4.69, 9.17) is 34.8 Å². The molecule has 1 aromatic heterocycles. The Hall–Kier alpha value is -3.12. The number of rotatable bonds is 7. The maximum atomic E-state index is 13.1. The van der Waals surface area contributed by atoms with E-state index in [9.17, 15) is 14.7 Å². The number of aliphatic carboxylic acids is 1. The fourth-order valence-corrected chi connectivity index (χ4v) is 4.67. The van der Waals surface area contributed by atoms with E-state index in [1.807, 2.05) is 24.3 Å². The van der Waals surface area contributed by atoms with Gasteiger partial charge in [0.05, 0.1) is 26.7 Å². The Morgan fingerprint density at radius 2 is 1.61 bits per heavy atom. The number of hydrogen-bond donors (Lipinski definition) is 2. The molecule has 2 N–H and O–H groups in total. The summed E-state index contributed by atoms with van der Waals surface area (Å²) in [5.74, 6) is -1.50. The van der Waals surface area contributed by atoms with Crippen LogP contribution in [0.2, 0.25) is 15.1 Å². The third kappa shape index (κ3) is 5.49. The van der Waals surface area contributed by atoms with Crippen molar-refractivity contribution in [2.24, 2.45) is 0 Å². The summed E-state index contributed by atoms with van der Waals surface area (Å²) in [4.78, 5) is 29.7. The van der Waals surface area contributed by atoms with Crippen LogP contribution in [0.5, 0.6) is 0 Å². The molecule has 184 valence electrons. The summed E-state index contributed by atoms with van der Waals surface area (Å²) in [6.45, 7) is 3.49. The van der Waals surface area contributed by atoms with Crippen LogP contribution in [0.3, 0.4) is 0 Å². The summed E-state index contributed by atoms with van der Waals surface area (Å²) in [5, 5.41) is 14.9. The van der Waals surface area contributed by atoms with E-state index in [-0.39, 0.29) is 12.3 Å². The first-order valence-electron chi connectivity index (χ1n) is 11.2. The highest BCUT2D eigenvalue weighted by molar-refractivity contribution is 6.39. The summed E-state index contributed by atoms with van der Waals surface area (Å²) in [7, 11) is 0. The number of aromatic nitrogens is 1. The molecule has 1 heterocycles. The first kappa shape index (κ1) is 26.0.